The molecule has 0 radical (unpaired) electrons. The Kier molecular flexibility index (Phi) is 4.34. The minimum absolute atomic E-state index is 0.0702. The lowest BCUT2D eigenvalue weighted by Gasteiger charge is -2.09. The molecule has 1 atom stereocenters. The molecule has 1 unspecified atom stereocenters. The highest BCUT2D eigenvalue weighted by atomic mass is 16.4. The van der Waals surface area contributed by atoms with E-state index in [9.17, 15) is 15.0 Å². The maximum atomic E-state index is 11.3. The molecule has 0 saturated carbocycles. The number of aliphatic hydroxyl groups is 2. The van der Waals surface area contributed by atoms with Crippen LogP contribution in [0.4, 0.5) is 0 Å². The van der Waals surface area contributed by atoms with Crippen molar-refractivity contribution < 1.29 is 20.1 Å². The topological polar surface area (TPSA) is 82.7 Å². The van der Waals surface area contributed by atoms with E-state index in [1.54, 1.807) is 19.9 Å². The monoisotopic (exact) mass is 291 g/mol. The van der Waals surface area contributed by atoms with Gasteiger partial charge < -0.3 is 19.9 Å². The number of benzene rings is 1. The summed E-state index contributed by atoms with van der Waals surface area (Å²) in [6.07, 6.45) is -0.0434. The number of aromatic carboxylic acids is 1. The van der Waals surface area contributed by atoms with Gasteiger partial charge in [0.25, 0.3) is 0 Å². The quantitative estimate of drug-likeness (QED) is 0.790. The van der Waals surface area contributed by atoms with Crippen molar-refractivity contribution in [3.05, 3.63) is 34.5 Å². The van der Waals surface area contributed by atoms with Crippen LogP contribution in [0, 0.1) is 13.8 Å². The van der Waals surface area contributed by atoms with Gasteiger partial charge in [0.1, 0.15) is 0 Å². The molecular formula is C16H21NO4. The molecule has 3 N–H and O–H groups in total. The third-order valence-electron chi connectivity index (χ3n) is 3.91. The van der Waals surface area contributed by atoms with E-state index < -0.39 is 12.1 Å². The maximum Gasteiger partial charge on any atom is 0.336 e. The minimum atomic E-state index is -0.958. The van der Waals surface area contributed by atoms with Crippen LogP contribution in [0.5, 0.6) is 0 Å². The number of hydrogen-bond acceptors (Lipinski definition) is 3. The van der Waals surface area contributed by atoms with Crippen LogP contribution in [-0.4, -0.2) is 32.5 Å². The van der Waals surface area contributed by atoms with Crippen molar-refractivity contribution in [1.82, 2.24) is 4.57 Å². The second-order valence-electron chi connectivity index (χ2n) is 5.39. The molecule has 5 heteroatoms. The zero-order valence-electron chi connectivity index (χ0n) is 12.6. The van der Waals surface area contributed by atoms with Gasteiger partial charge in [0, 0.05) is 35.3 Å². The van der Waals surface area contributed by atoms with Crippen LogP contribution in [0.3, 0.4) is 0 Å². The average molecular weight is 291 g/mol. The molecule has 1 aromatic carbocycles. The number of carboxylic acid groups (broad SMARTS) is 1. The summed E-state index contributed by atoms with van der Waals surface area (Å²) >= 11 is 0. The summed E-state index contributed by atoms with van der Waals surface area (Å²) in [6, 6.07) is 3.48. The first-order valence-corrected chi connectivity index (χ1v) is 7.04. The predicted octanol–water partition coefficient (Wildman–Crippen LogP) is 2.39. The Morgan fingerprint density at radius 3 is 2.52 bits per heavy atom. The normalized spacial score (nSPS) is 12.8. The number of aromatic nitrogens is 1. The number of nitrogens with zero attached hydrogens (tertiary/aromatic N) is 1. The number of aliphatic hydroxyl groups excluding tert-OH is 2. The summed E-state index contributed by atoms with van der Waals surface area (Å²) in [5.74, 6) is -0.958. The second-order valence-corrected chi connectivity index (χ2v) is 5.39. The van der Waals surface area contributed by atoms with Crippen LogP contribution in [0.25, 0.3) is 10.9 Å². The summed E-state index contributed by atoms with van der Waals surface area (Å²) in [4.78, 5) is 11.3. The summed E-state index contributed by atoms with van der Waals surface area (Å²) in [6.45, 7) is 6.04. The standard InChI is InChI=1S/C16H21NO4/c1-9-7-13-14(8-12(9)16(20)21)17(5-4-6-18)10(2)15(13)11(3)19/h7-8,11,18-19H,4-6H2,1-3H3,(H,20,21). The van der Waals surface area contributed by atoms with E-state index in [4.69, 9.17) is 5.11 Å². The molecule has 0 spiro atoms. The smallest absolute Gasteiger partial charge is 0.336 e. The van der Waals surface area contributed by atoms with E-state index >= 15 is 0 Å². The first-order chi connectivity index (χ1) is 9.88. The molecule has 0 fully saturated rings. The van der Waals surface area contributed by atoms with Crippen molar-refractivity contribution >= 4 is 16.9 Å². The van der Waals surface area contributed by atoms with Crippen molar-refractivity contribution in [2.45, 2.75) is 39.8 Å². The number of carbonyl (C=O) groups is 1. The van der Waals surface area contributed by atoms with E-state index in [-0.39, 0.29) is 12.2 Å². The maximum absolute atomic E-state index is 11.3. The van der Waals surface area contributed by atoms with Gasteiger partial charge in [0.15, 0.2) is 0 Å². The molecule has 2 aromatic rings. The van der Waals surface area contributed by atoms with Crippen molar-refractivity contribution in [2.75, 3.05) is 6.61 Å². The second kappa shape index (κ2) is 5.87. The van der Waals surface area contributed by atoms with Crippen molar-refractivity contribution in [1.29, 1.82) is 0 Å². The Morgan fingerprint density at radius 2 is 2.00 bits per heavy atom. The lowest BCUT2D eigenvalue weighted by molar-refractivity contribution is 0.0696. The zero-order valence-corrected chi connectivity index (χ0v) is 12.6. The average Bonchev–Trinajstić information content (AvgIpc) is 2.66. The van der Waals surface area contributed by atoms with Crippen molar-refractivity contribution in [2.24, 2.45) is 0 Å². The summed E-state index contributed by atoms with van der Waals surface area (Å²) in [7, 11) is 0. The Labute approximate surface area is 123 Å². The third kappa shape index (κ3) is 2.66. The van der Waals surface area contributed by atoms with Crippen molar-refractivity contribution in [3.8, 4) is 0 Å². The first-order valence-electron chi connectivity index (χ1n) is 7.04. The lowest BCUT2D eigenvalue weighted by Crippen LogP contribution is -2.04. The summed E-state index contributed by atoms with van der Waals surface area (Å²) in [5, 5.41) is 29.2. The zero-order chi connectivity index (χ0) is 15.7. The van der Waals surface area contributed by atoms with Gasteiger partial charge in [-0.05, 0) is 44.9 Å². The molecule has 114 valence electrons. The predicted molar refractivity (Wildman–Crippen MR) is 80.7 cm³/mol. The SMILES string of the molecule is Cc1cc2c(C(C)O)c(C)n(CCCO)c2cc1C(=O)O. The van der Waals surface area contributed by atoms with E-state index in [1.165, 1.54) is 0 Å². The van der Waals surface area contributed by atoms with E-state index in [0.717, 1.165) is 22.2 Å². The van der Waals surface area contributed by atoms with E-state index in [2.05, 4.69) is 0 Å². The van der Waals surface area contributed by atoms with Gasteiger partial charge in [-0.2, -0.15) is 0 Å². The number of fused-ring (bicyclic) bond motifs is 1. The highest BCUT2D eigenvalue weighted by Crippen LogP contribution is 2.33. The third-order valence-corrected chi connectivity index (χ3v) is 3.91. The van der Waals surface area contributed by atoms with E-state index in [1.807, 2.05) is 17.6 Å². The van der Waals surface area contributed by atoms with Gasteiger partial charge in [0.05, 0.1) is 11.7 Å². The van der Waals surface area contributed by atoms with Gasteiger partial charge in [-0.15, -0.1) is 0 Å². The van der Waals surface area contributed by atoms with Gasteiger partial charge in [-0.1, -0.05) is 0 Å². The molecule has 0 aliphatic carbocycles. The van der Waals surface area contributed by atoms with Gasteiger partial charge in [-0.3, -0.25) is 0 Å². The fourth-order valence-corrected chi connectivity index (χ4v) is 2.93. The molecule has 0 aliphatic heterocycles. The van der Waals surface area contributed by atoms with Crippen LogP contribution in [0.2, 0.25) is 0 Å². The Morgan fingerprint density at radius 1 is 1.33 bits per heavy atom. The largest absolute Gasteiger partial charge is 0.478 e. The summed E-state index contributed by atoms with van der Waals surface area (Å²) in [5.41, 5.74) is 3.47. The molecule has 1 heterocycles. The molecule has 0 saturated heterocycles. The van der Waals surface area contributed by atoms with Crippen LogP contribution in [0.15, 0.2) is 12.1 Å². The van der Waals surface area contributed by atoms with Gasteiger partial charge >= 0.3 is 5.97 Å². The highest BCUT2D eigenvalue weighted by Gasteiger charge is 2.20. The number of hydrogen-bond donors (Lipinski definition) is 3. The van der Waals surface area contributed by atoms with Crippen LogP contribution < -0.4 is 0 Å². The lowest BCUT2D eigenvalue weighted by atomic mass is 10.0. The minimum Gasteiger partial charge on any atom is -0.478 e. The molecule has 0 aliphatic rings. The van der Waals surface area contributed by atoms with Crippen LogP contribution in [-0.2, 0) is 6.54 Å². The Hall–Kier alpha value is -1.85. The fourth-order valence-electron chi connectivity index (χ4n) is 2.93. The van der Waals surface area contributed by atoms with Crippen LogP contribution >= 0.6 is 0 Å². The Bertz CT molecular complexity index is 685. The number of rotatable bonds is 5. The van der Waals surface area contributed by atoms with Crippen LogP contribution in [0.1, 0.15) is 46.6 Å². The molecule has 0 bridgehead atoms. The molecule has 5 nitrogen and oxygen atoms in total. The molecule has 0 amide bonds. The number of carboxylic acids is 1. The summed E-state index contributed by atoms with van der Waals surface area (Å²) < 4.78 is 1.97. The molecule has 21 heavy (non-hydrogen) atoms. The Balaban J connectivity index is 2.78. The molecule has 1 aromatic heterocycles. The van der Waals surface area contributed by atoms with Crippen molar-refractivity contribution in [3.63, 3.8) is 0 Å². The van der Waals surface area contributed by atoms with E-state index in [0.29, 0.717) is 18.5 Å². The molecular weight excluding hydrogens is 270 g/mol. The number of aryl methyl sites for hydroxylation is 2. The first kappa shape index (κ1) is 15.5. The van der Waals surface area contributed by atoms with Gasteiger partial charge in [-0.25, -0.2) is 4.79 Å². The highest BCUT2D eigenvalue weighted by molar-refractivity contribution is 5.97. The fraction of sp³-hybridized carbons (Fsp3) is 0.438. The van der Waals surface area contributed by atoms with Gasteiger partial charge in [0.2, 0.25) is 0 Å². The molecule has 2 rings (SSSR count).